The van der Waals surface area contributed by atoms with Gasteiger partial charge in [-0.05, 0) is 27.9 Å². The summed E-state index contributed by atoms with van der Waals surface area (Å²) in [6.07, 6.45) is 0. The molecule has 0 rings (SSSR count). The third-order valence-electron chi connectivity index (χ3n) is 1.32. The fourth-order valence-electron chi connectivity index (χ4n) is 0.421. The van der Waals surface area contributed by atoms with Crippen LogP contribution in [0.15, 0.2) is 0 Å². The Hall–Kier alpha value is -0.120. The van der Waals surface area contributed by atoms with Crippen LogP contribution in [0.4, 0.5) is 0 Å². The molecule has 0 amide bonds. The first kappa shape index (κ1) is 8.88. The summed E-state index contributed by atoms with van der Waals surface area (Å²) in [5.41, 5.74) is 5.67. The Morgan fingerprint density at radius 2 is 2.00 bits per heavy atom. The molecule has 1 unspecified atom stereocenters. The Morgan fingerprint density at radius 3 is 2.11 bits per heavy atom. The second-order valence-corrected chi connectivity index (χ2v) is 2.38. The fraction of sp³-hybridized carbons (Fsp3) is 1.00. The molecule has 0 fully saturated rings. The smallest absolute Gasteiger partial charge is 0.171 e. The standard InChI is InChI=1S/C6H16N2O/c1-5-9-6(2,7)8(3)4/h5,7H2,1-4H3. The maximum Gasteiger partial charge on any atom is 0.171 e. The molecule has 3 heteroatoms. The molecule has 0 aromatic carbocycles. The van der Waals surface area contributed by atoms with Crippen LogP contribution < -0.4 is 5.73 Å². The van der Waals surface area contributed by atoms with Gasteiger partial charge in [0.25, 0.3) is 0 Å². The van der Waals surface area contributed by atoms with E-state index in [0.717, 1.165) is 0 Å². The van der Waals surface area contributed by atoms with E-state index in [9.17, 15) is 0 Å². The minimum atomic E-state index is -0.616. The molecule has 56 valence electrons. The molecule has 0 saturated heterocycles. The molecule has 0 spiro atoms. The predicted octanol–water partition coefficient (Wildman–Crippen LogP) is 0.217. The van der Waals surface area contributed by atoms with Crippen molar-refractivity contribution in [3.8, 4) is 0 Å². The summed E-state index contributed by atoms with van der Waals surface area (Å²) in [7, 11) is 3.77. The zero-order valence-electron chi connectivity index (χ0n) is 6.64. The van der Waals surface area contributed by atoms with Crippen molar-refractivity contribution >= 4 is 0 Å². The average molecular weight is 132 g/mol. The zero-order chi connectivity index (χ0) is 7.49. The lowest BCUT2D eigenvalue weighted by Gasteiger charge is -2.31. The van der Waals surface area contributed by atoms with Gasteiger partial charge in [-0.15, -0.1) is 0 Å². The van der Waals surface area contributed by atoms with E-state index in [2.05, 4.69) is 0 Å². The predicted molar refractivity (Wildman–Crippen MR) is 37.9 cm³/mol. The normalized spacial score (nSPS) is 18.0. The molecular formula is C6H16N2O. The molecule has 0 aromatic heterocycles. The van der Waals surface area contributed by atoms with E-state index in [4.69, 9.17) is 10.5 Å². The number of nitrogens with two attached hydrogens (primary N) is 1. The maximum absolute atomic E-state index is 5.67. The number of rotatable bonds is 3. The first-order chi connectivity index (χ1) is 4.00. The summed E-state index contributed by atoms with van der Waals surface area (Å²) in [6, 6.07) is 0. The molecule has 0 aliphatic carbocycles. The van der Waals surface area contributed by atoms with Gasteiger partial charge in [0.1, 0.15) is 0 Å². The van der Waals surface area contributed by atoms with Crippen molar-refractivity contribution in [2.75, 3.05) is 20.7 Å². The Bertz CT molecular complexity index is 81.1. The molecule has 0 saturated carbocycles. The third-order valence-corrected chi connectivity index (χ3v) is 1.32. The van der Waals surface area contributed by atoms with Crippen LogP contribution in [0, 0.1) is 0 Å². The highest BCUT2D eigenvalue weighted by molar-refractivity contribution is 4.60. The summed E-state index contributed by atoms with van der Waals surface area (Å²) < 4.78 is 5.19. The van der Waals surface area contributed by atoms with Crippen molar-refractivity contribution in [1.29, 1.82) is 0 Å². The van der Waals surface area contributed by atoms with Gasteiger partial charge < -0.3 is 4.74 Å². The minimum absolute atomic E-state index is 0.616. The lowest BCUT2D eigenvalue weighted by molar-refractivity contribution is -0.115. The summed E-state index contributed by atoms with van der Waals surface area (Å²) in [5.74, 6) is -0.616. The molecule has 0 radical (unpaired) electrons. The Labute approximate surface area is 56.8 Å². The van der Waals surface area contributed by atoms with Crippen molar-refractivity contribution in [2.45, 2.75) is 19.7 Å². The molecule has 0 heterocycles. The molecule has 3 nitrogen and oxygen atoms in total. The van der Waals surface area contributed by atoms with Gasteiger partial charge in [-0.3, -0.25) is 10.6 Å². The molecule has 0 aliphatic heterocycles. The van der Waals surface area contributed by atoms with Crippen LogP contribution in [-0.4, -0.2) is 31.5 Å². The average Bonchev–Trinajstić information content (AvgIpc) is 1.65. The summed E-state index contributed by atoms with van der Waals surface area (Å²) in [5, 5.41) is 0. The van der Waals surface area contributed by atoms with Gasteiger partial charge >= 0.3 is 0 Å². The minimum Gasteiger partial charge on any atom is -0.348 e. The van der Waals surface area contributed by atoms with Crippen LogP contribution in [0.25, 0.3) is 0 Å². The number of ether oxygens (including phenoxy) is 1. The molecular weight excluding hydrogens is 116 g/mol. The highest BCUT2D eigenvalue weighted by Gasteiger charge is 2.19. The number of nitrogens with zero attached hydrogens (tertiary/aromatic N) is 1. The van der Waals surface area contributed by atoms with Gasteiger partial charge in [0.15, 0.2) is 5.85 Å². The monoisotopic (exact) mass is 132 g/mol. The quantitative estimate of drug-likeness (QED) is 0.558. The fourth-order valence-corrected chi connectivity index (χ4v) is 0.421. The Balaban J connectivity index is 3.70. The van der Waals surface area contributed by atoms with Gasteiger partial charge in [-0.2, -0.15) is 0 Å². The van der Waals surface area contributed by atoms with Gasteiger partial charge in [0, 0.05) is 6.61 Å². The van der Waals surface area contributed by atoms with Gasteiger partial charge in [-0.1, -0.05) is 0 Å². The van der Waals surface area contributed by atoms with E-state index in [1.54, 1.807) is 0 Å². The van der Waals surface area contributed by atoms with E-state index in [1.807, 2.05) is 32.8 Å². The second-order valence-electron chi connectivity index (χ2n) is 2.38. The summed E-state index contributed by atoms with van der Waals surface area (Å²) in [4.78, 5) is 1.83. The molecule has 0 aromatic rings. The van der Waals surface area contributed by atoms with Crippen LogP contribution >= 0.6 is 0 Å². The van der Waals surface area contributed by atoms with Crippen molar-refractivity contribution in [1.82, 2.24) is 4.90 Å². The molecule has 2 N–H and O–H groups in total. The van der Waals surface area contributed by atoms with Gasteiger partial charge in [0.05, 0.1) is 0 Å². The van der Waals surface area contributed by atoms with Gasteiger partial charge in [0.2, 0.25) is 0 Å². The molecule has 0 bridgehead atoms. The first-order valence-corrected chi connectivity index (χ1v) is 3.11. The van der Waals surface area contributed by atoms with Crippen LogP contribution in [0.2, 0.25) is 0 Å². The number of hydrogen-bond acceptors (Lipinski definition) is 3. The second kappa shape index (κ2) is 3.15. The SMILES string of the molecule is CCOC(C)(N)N(C)C. The van der Waals surface area contributed by atoms with Gasteiger partial charge in [-0.25, -0.2) is 0 Å². The van der Waals surface area contributed by atoms with Crippen molar-refractivity contribution in [3.05, 3.63) is 0 Å². The Kier molecular flexibility index (Phi) is 3.11. The maximum atomic E-state index is 5.67. The van der Waals surface area contributed by atoms with E-state index < -0.39 is 5.85 Å². The van der Waals surface area contributed by atoms with E-state index >= 15 is 0 Å². The lowest BCUT2D eigenvalue weighted by Crippen LogP contribution is -2.52. The molecule has 0 aliphatic rings. The van der Waals surface area contributed by atoms with Crippen LogP contribution in [0.5, 0.6) is 0 Å². The van der Waals surface area contributed by atoms with E-state index in [1.165, 1.54) is 0 Å². The zero-order valence-corrected chi connectivity index (χ0v) is 6.64. The Morgan fingerprint density at radius 1 is 1.56 bits per heavy atom. The van der Waals surface area contributed by atoms with Crippen LogP contribution in [0.1, 0.15) is 13.8 Å². The van der Waals surface area contributed by atoms with Crippen molar-refractivity contribution in [3.63, 3.8) is 0 Å². The third kappa shape index (κ3) is 2.79. The van der Waals surface area contributed by atoms with Crippen LogP contribution in [-0.2, 0) is 4.74 Å². The van der Waals surface area contributed by atoms with E-state index in [0.29, 0.717) is 6.61 Å². The highest BCUT2D eigenvalue weighted by atomic mass is 16.5. The topological polar surface area (TPSA) is 38.5 Å². The largest absolute Gasteiger partial charge is 0.348 e. The lowest BCUT2D eigenvalue weighted by atomic mass is 10.4. The molecule has 9 heavy (non-hydrogen) atoms. The van der Waals surface area contributed by atoms with Crippen molar-refractivity contribution < 1.29 is 4.74 Å². The van der Waals surface area contributed by atoms with Crippen LogP contribution in [0.3, 0.4) is 0 Å². The first-order valence-electron chi connectivity index (χ1n) is 3.11. The van der Waals surface area contributed by atoms with E-state index in [-0.39, 0.29) is 0 Å². The number of hydrogen-bond donors (Lipinski definition) is 1. The summed E-state index contributed by atoms with van der Waals surface area (Å²) >= 11 is 0. The highest BCUT2D eigenvalue weighted by Crippen LogP contribution is 2.02. The molecule has 1 atom stereocenters. The van der Waals surface area contributed by atoms with Crippen molar-refractivity contribution in [2.24, 2.45) is 5.73 Å². The summed E-state index contributed by atoms with van der Waals surface area (Å²) in [6.45, 7) is 4.40.